The van der Waals surface area contributed by atoms with Crippen molar-refractivity contribution in [3.8, 4) is 5.75 Å². The second-order valence-corrected chi connectivity index (χ2v) is 6.34. The largest absolute Gasteiger partial charge is 0.439 e. The van der Waals surface area contributed by atoms with Gasteiger partial charge in [0.05, 0.1) is 19.1 Å². The van der Waals surface area contributed by atoms with Crippen molar-refractivity contribution in [1.29, 1.82) is 0 Å². The SMILES string of the molecule is CCCCCCCCC(C)C(OCC)(OCC)Oc1ccccc1. The van der Waals surface area contributed by atoms with Crippen LogP contribution in [0.4, 0.5) is 0 Å². The van der Waals surface area contributed by atoms with Gasteiger partial charge in [0.2, 0.25) is 0 Å². The molecule has 3 nitrogen and oxygen atoms in total. The van der Waals surface area contributed by atoms with E-state index < -0.39 is 5.97 Å². The Bertz CT molecular complexity index is 399. The quantitative estimate of drug-likeness (QED) is 0.300. The zero-order valence-electron chi connectivity index (χ0n) is 16.1. The second-order valence-electron chi connectivity index (χ2n) is 6.34. The molecule has 1 aromatic carbocycles. The van der Waals surface area contributed by atoms with Crippen molar-refractivity contribution in [1.82, 2.24) is 0 Å². The van der Waals surface area contributed by atoms with Gasteiger partial charge in [-0.25, -0.2) is 0 Å². The lowest BCUT2D eigenvalue weighted by molar-refractivity contribution is -0.365. The van der Waals surface area contributed by atoms with Crippen LogP contribution >= 0.6 is 0 Å². The minimum absolute atomic E-state index is 0.170. The summed E-state index contributed by atoms with van der Waals surface area (Å²) in [4.78, 5) is 0. The van der Waals surface area contributed by atoms with Gasteiger partial charge >= 0.3 is 5.97 Å². The van der Waals surface area contributed by atoms with Gasteiger partial charge in [0.15, 0.2) is 0 Å². The molecule has 138 valence electrons. The average molecular weight is 337 g/mol. The van der Waals surface area contributed by atoms with Crippen LogP contribution in [0.25, 0.3) is 0 Å². The summed E-state index contributed by atoms with van der Waals surface area (Å²) in [5, 5.41) is 0. The van der Waals surface area contributed by atoms with Crippen molar-refractivity contribution in [3.63, 3.8) is 0 Å². The van der Waals surface area contributed by atoms with Gasteiger partial charge in [0.1, 0.15) is 5.75 Å². The van der Waals surface area contributed by atoms with Gasteiger partial charge < -0.3 is 14.2 Å². The first-order chi connectivity index (χ1) is 11.7. The highest BCUT2D eigenvalue weighted by Gasteiger charge is 2.40. The Labute approximate surface area is 148 Å². The van der Waals surface area contributed by atoms with Crippen molar-refractivity contribution < 1.29 is 14.2 Å². The highest BCUT2D eigenvalue weighted by atomic mass is 16.9. The predicted octanol–water partition coefficient (Wildman–Crippen LogP) is 6.18. The Morgan fingerprint density at radius 3 is 2.00 bits per heavy atom. The van der Waals surface area contributed by atoms with E-state index in [4.69, 9.17) is 14.2 Å². The monoisotopic (exact) mass is 336 g/mol. The summed E-state index contributed by atoms with van der Waals surface area (Å²) in [7, 11) is 0. The first kappa shape index (κ1) is 21.0. The Balaban J connectivity index is 2.65. The van der Waals surface area contributed by atoms with E-state index in [1.165, 1.54) is 38.5 Å². The molecule has 0 radical (unpaired) electrons. The lowest BCUT2D eigenvalue weighted by atomic mass is 9.99. The first-order valence-electron chi connectivity index (χ1n) is 9.70. The summed E-state index contributed by atoms with van der Waals surface area (Å²) in [6, 6.07) is 9.82. The molecule has 0 spiro atoms. The molecule has 0 saturated heterocycles. The van der Waals surface area contributed by atoms with Gasteiger partial charge in [0, 0.05) is 0 Å². The zero-order chi connectivity index (χ0) is 17.7. The van der Waals surface area contributed by atoms with E-state index in [1.54, 1.807) is 0 Å². The summed E-state index contributed by atoms with van der Waals surface area (Å²) >= 11 is 0. The molecule has 0 aliphatic carbocycles. The standard InChI is InChI=1S/C21H36O3/c1-5-8-9-10-11-13-16-19(4)21(22-6-2,23-7-3)24-20-17-14-12-15-18-20/h12,14-15,17-19H,5-11,13,16H2,1-4H3. The molecule has 0 fully saturated rings. The molecule has 0 bridgehead atoms. The Kier molecular flexibility index (Phi) is 10.8. The van der Waals surface area contributed by atoms with E-state index in [1.807, 2.05) is 44.2 Å². The molecule has 24 heavy (non-hydrogen) atoms. The Morgan fingerprint density at radius 2 is 1.42 bits per heavy atom. The topological polar surface area (TPSA) is 27.7 Å². The van der Waals surface area contributed by atoms with E-state index >= 15 is 0 Å². The first-order valence-corrected chi connectivity index (χ1v) is 9.70. The van der Waals surface area contributed by atoms with Gasteiger partial charge in [-0.15, -0.1) is 0 Å². The lowest BCUT2D eigenvalue weighted by Gasteiger charge is -2.37. The van der Waals surface area contributed by atoms with E-state index in [-0.39, 0.29) is 5.92 Å². The molecule has 1 aromatic rings. The maximum absolute atomic E-state index is 6.20. The van der Waals surface area contributed by atoms with Gasteiger partial charge in [0.25, 0.3) is 0 Å². The molecule has 1 unspecified atom stereocenters. The van der Waals surface area contributed by atoms with Crippen LogP contribution in [0.2, 0.25) is 0 Å². The van der Waals surface area contributed by atoms with Crippen LogP contribution in [0.3, 0.4) is 0 Å². The fourth-order valence-electron chi connectivity index (χ4n) is 2.95. The smallest absolute Gasteiger partial charge is 0.329 e. The zero-order valence-corrected chi connectivity index (χ0v) is 16.1. The Morgan fingerprint density at radius 1 is 0.833 bits per heavy atom. The third kappa shape index (κ3) is 7.23. The van der Waals surface area contributed by atoms with Gasteiger partial charge in [-0.05, 0) is 32.4 Å². The lowest BCUT2D eigenvalue weighted by Crippen LogP contribution is -2.48. The highest BCUT2D eigenvalue weighted by Crippen LogP contribution is 2.31. The van der Waals surface area contributed by atoms with E-state index in [2.05, 4.69) is 13.8 Å². The number of hydrogen-bond donors (Lipinski definition) is 0. The molecule has 0 N–H and O–H groups in total. The second kappa shape index (κ2) is 12.3. The summed E-state index contributed by atoms with van der Waals surface area (Å²) in [6.07, 6.45) is 8.78. The molecule has 0 saturated carbocycles. The maximum atomic E-state index is 6.20. The van der Waals surface area contributed by atoms with Crippen molar-refractivity contribution in [2.45, 2.75) is 78.6 Å². The van der Waals surface area contributed by atoms with Crippen molar-refractivity contribution in [2.75, 3.05) is 13.2 Å². The number of hydrogen-bond acceptors (Lipinski definition) is 3. The normalized spacial score (nSPS) is 13.0. The Hall–Kier alpha value is -1.06. The van der Waals surface area contributed by atoms with Crippen LogP contribution in [0.15, 0.2) is 30.3 Å². The predicted molar refractivity (Wildman–Crippen MR) is 100 cm³/mol. The molecule has 0 aliphatic rings. The average Bonchev–Trinajstić information content (AvgIpc) is 2.59. The van der Waals surface area contributed by atoms with Crippen LogP contribution in [-0.4, -0.2) is 19.2 Å². The highest BCUT2D eigenvalue weighted by molar-refractivity contribution is 5.21. The number of benzene rings is 1. The fraction of sp³-hybridized carbons (Fsp3) is 0.714. The number of unbranched alkanes of at least 4 members (excludes halogenated alkanes) is 5. The van der Waals surface area contributed by atoms with E-state index in [9.17, 15) is 0 Å². The van der Waals surface area contributed by atoms with Gasteiger partial charge in [-0.1, -0.05) is 70.6 Å². The van der Waals surface area contributed by atoms with E-state index in [0.29, 0.717) is 13.2 Å². The summed E-state index contributed by atoms with van der Waals surface area (Å²) in [5.41, 5.74) is 0. The van der Waals surface area contributed by atoms with Crippen molar-refractivity contribution in [2.24, 2.45) is 5.92 Å². The molecular weight excluding hydrogens is 300 g/mol. The van der Waals surface area contributed by atoms with Gasteiger partial charge in [-0.2, -0.15) is 0 Å². The van der Waals surface area contributed by atoms with Crippen LogP contribution in [-0.2, 0) is 9.47 Å². The molecule has 0 amide bonds. The minimum atomic E-state index is -0.992. The third-order valence-corrected chi connectivity index (χ3v) is 4.29. The van der Waals surface area contributed by atoms with E-state index in [0.717, 1.165) is 12.2 Å². The molecule has 3 heteroatoms. The molecule has 1 rings (SSSR count). The molecule has 0 aromatic heterocycles. The number of para-hydroxylation sites is 1. The minimum Gasteiger partial charge on any atom is -0.439 e. The summed E-state index contributed by atoms with van der Waals surface area (Å²) in [5.74, 6) is -0.0353. The summed E-state index contributed by atoms with van der Waals surface area (Å²) < 4.78 is 18.2. The number of ether oxygens (including phenoxy) is 3. The van der Waals surface area contributed by atoms with Crippen LogP contribution in [0, 0.1) is 5.92 Å². The van der Waals surface area contributed by atoms with Crippen molar-refractivity contribution in [3.05, 3.63) is 30.3 Å². The molecule has 1 atom stereocenters. The van der Waals surface area contributed by atoms with Crippen LogP contribution in [0.5, 0.6) is 5.75 Å². The molecule has 0 heterocycles. The number of rotatable bonds is 14. The maximum Gasteiger partial charge on any atom is 0.329 e. The van der Waals surface area contributed by atoms with Crippen molar-refractivity contribution >= 4 is 0 Å². The van der Waals surface area contributed by atoms with Crippen LogP contribution in [0.1, 0.15) is 72.6 Å². The molecular formula is C21H36O3. The van der Waals surface area contributed by atoms with Gasteiger partial charge in [-0.3, -0.25) is 0 Å². The summed E-state index contributed by atoms with van der Waals surface area (Å²) in [6.45, 7) is 9.52. The fourth-order valence-corrected chi connectivity index (χ4v) is 2.95. The molecule has 0 aliphatic heterocycles. The van der Waals surface area contributed by atoms with Crippen LogP contribution < -0.4 is 4.74 Å². The third-order valence-electron chi connectivity index (χ3n) is 4.29.